The molecule has 1 saturated heterocycles. The fraction of sp³-hybridized carbons (Fsp3) is 0.533. The van der Waals surface area contributed by atoms with E-state index in [0.717, 1.165) is 30.8 Å². The van der Waals surface area contributed by atoms with E-state index in [1.54, 1.807) is 0 Å². The van der Waals surface area contributed by atoms with Gasteiger partial charge in [-0.2, -0.15) is 0 Å². The van der Waals surface area contributed by atoms with Crippen LogP contribution in [0, 0.1) is 0 Å². The largest absolute Gasteiger partial charge is 0.492 e. The van der Waals surface area contributed by atoms with Crippen LogP contribution in [0.5, 0.6) is 5.75 Å². The van der Waals surface area contributed by atoms with E-state index in [0.29, 0.717) is 19.7 Å². The van der Waals surface area contributed by atoms with Gasteiger partial charge < -0.3 is 15.8 Å². The number of rotatable bonds is 6. The van der Waals surface area contributed by atoms with Crippen LogP contribution >= 0.6 is 0 Å². The molecule has 3 N–H and O–H groups in total. The van der Waals surface area contributed by atoms with Crippen LogP contribution in [-0.2, 0) is 11.3 Å². The number of benzene rings is 1. The van der Waals surface area contributed by atoms with Gasteiger partial charge in [-0.1, -0.05) is 25.1 Å². The van der Waals surface area contributed by atoms with Crippen molar-refractivity contribution in [2.75, 3.05) is 26.2 Å². The van der Waals surface area contributed by atoms with Crippen LogP contribution in [0.25, 0.3) is 0 Å². The van der Waals surface area contributed by atoms with Crippen LogP contribution in [-0.4, -0.2) is 43.1 Å². The third-order valence-corrected chi connectivity index (χ3v) is 3.66. The van der Waals surface area contributed by atoms with Gasteiger partial charge in [0.05, 0.1) is 6.04 Å². The Morgan fingerprint density at radius 2 is 2.25 bits per heavy atom. The monoisotopic (exact) mass is 277 g/mol. The van der Waals surface area contributed by atoms with Crippen molar-refractivity contribution < 1.29 is 9.53 Å². The van der Waals surface area contributed by atoms with Gasteiger partial charge in [-0.3, -0.25) is 9.69 Å². The summed E-state index contributed by atoms with van der Waals surface area (Å²) in [7, 11) is 0. The third kappa shape index (κ3) is 3.49. The van der Waals surface area contributed by atoms with Gasteiger partial charge in [0.15, 0.2) is 0 Å². The Morgan fingerprint density at radius 1 is 1.45 bits per heavy atom. The molecule has 20 heavy (non-hydrogen) atoms. The number of carbonyl (C=O) groups excluding carboxylic acids is 1. The number of para-hydroxylation sites is 1. The second-order valence-corrected chi connectivity index (χ2v) is 4.91. The van der Waals surface area contributed by atoms with E-state index in [-0.39, 0.29) is 11.9 Å². The average molecular weight is 277 g/mol. The fourth-order valence-corrected chi connectivity index (χ4v) is 2.56. The third-order valence-electron chi connectivity index (χ3n) is 3.66. The van der Waals surface area contributed by atoms with Gasteiger partial charge in [0.2, 0.25) is 5.91 Å². The van der Waals surface area contributed by atoms with E-state index >= 15 is 0 Å². The molecule has 0 bridgehead atoms. The maximum atomic E-state index is 11.8. The second kappa shape index (κ2) is 7.26. The highest BCUT2D eigenvalue weighted by atomic mass is 16.5. The number of nitrogens with zero attached hydrogens (tertiary/aromatic N) is 1. The number of ether oxygens (including phenoxy) is 1. The van der Waals surface area contributed by atoms with E-state index in [4.69, 9.17) is 10.5 Å². The van der Waals surface area contributed by atoms with Crippen LogP contribution < -0.4 is 15.8 Å². The first-order valence-electron chi connectivity index (χ1n) is 7.18. The van der Waals surface area contributed by atoms with Crippen molar-refractivity contribution in [1.82, 2.24) is 10.2 Å². The maximum absolute atomic E-state index is 11.8. The van der Waals surface area contributed by atoms with Crippen molar-refractivity contribution in [1.29, 1.82) is 0 Å². The summed E-state index contributed by atoms with van der Waals surface area (Å²) in [5.41, 5.74) is 6.69. The number of hydrogen-bond acceptors (Lipinski definition) is 4. The van der Waals surface area contributed by atoms with Gasteiger partial charge in [-0.15, -0.1) is 0 Å². The highest BCUT2D eigenvalue weighted by molar-refractivity contribution is 5.82. The van der Waals surface area contributed by atoms with E-state index < -0.39 is 0 Å². The molecular formula is C15H23N3O2. The van der Waals surface area contributed by atoms with Crippen molar-refractivity contribution >= 4 is 5.91 Å². The summed E-state index contributed by atoms with van der Waals surface area (Å²) in [5.74, 6) is 0.964. The van der Waals surface area contributed by atoms with Crippen molar-refractivity contribution in [2.45, 2.75) is 25.9 Å². The van der Waals surface area contributed by atoms with E-state index in [2.05, 4.69) is 10.2 Å². The first kappa shape index (κ1) is 14.8. The highest BCUT2D eigenvalue weighted by Crippen LogP contribution is 2.17. The molecule has 1 atom stereocenters. The lowest BCUT2D eigenvalue weighted by Crippen LogP contribution is -2.55. The summed E-state index contributed by atoms with van der Waals surface area (Å²) in [4.78, 5) is 13.9. The summed E-state index contributed by atoms with van der Waals surface area (Å²) in [6.07, 6.45) is 0.825. The SMILES string of the molecule is CCC1C(=O)NCCN1CCOc1ccccc1CN. The minimum Gasteiger partial charge on any atom is -0.492 e. The molecule has 1 fully saturated rings. The van der Waals surface area contributed by atoms with Gasteiger partial charge in [0.25, 0.3) is 0 Å². The predicted molar refractivity (Wildman–Crippen MR) is 78.5 cm³/mol. The zero-order valence-corrected chi connectivity index (χ0v) is 12.0. The van der Waals surface area contributed by atoms with Crippen LogP contribution in [0.1, 0.15) is 18.9 Å². The standard InChI is InChI=1S/C15H23N3O2/c1-2-13-15(19)17-7-8-18(13)9-10-20-14-6-4-3-5-12(14)11-16/h3-6,13H,2,7-11,16H2,1H3,(H,17,19). The molecule has 1 aromatic carbocycles. The molecular weight excluding hydrogens is 254 g/mol. The Labute approximate surface area is 120 Å². The molecule has 0 spiro atoms. The quantitative estimate of drug-likeness (QED) is 0.804. The number of amides is 1. The summed E-state index contributed by atoms with van der Waals surface area (Å²) >= 11 is 0. The molecule has 1 amide bonds. The molecule has 5 nitrogen and oxygen atoms in total. The normalized spacial score (nSPS) is 19.7. The number of hydrogen-bond donors (Lipinski definition) is 2. The summed E-state index contributed by atoms with van der Waals surface area (Å²) in [6, 6.07) is 7.77. The van der Waals surface area contributed by atoms with Crippen LogP contribution in [0.2, 0.25) is 0 Å². The molecule has 2 rings (SSSR count). The van der Waals surface area contributed by atoms with Gasteiger partial charge in [-0.25, -0.2) is 0 Å². The van der Waals surface area contributed by atoms with Crippen LogP contribution in [0.15, 0.2) is 24.3 Å². The Balaban J connectivity index is 1.87. The lowest BCUT2D eigenvalue weighted by molar-refractivity contribution is -0.129. The van der Waals surface area contributed by atoms with Crippen molar-refractivity contribution in [2.24, 2.45) is 5.73 Å². The van der Waals surface area contributed by atoms with Gasteiger partial charge in [-0.05, 0) is 12.5 Å². The molecule has 110 valence electrons. The Kier molecular flexibility index (Phi) is 5.38. The first-order valence-corrected chi connectivity index (χ1v) is 7.18. The Bertz CT molecular complexity index is 450. The van der Waals surface area contributed by atoms with Crippen molar-refractivity contribution in [3.63, 3.8) is 0 Å². The molecule has 0 radical (unpaired) electrons. The molecule has 1 aliphatic rings. The maximum Gasteiger partial charge on any atom is 0.237 e. The zero-order chi connectivity index (χ0) is 14.4. The molecule has 5 heteroatoms. The summed E-state index contributed by atoms with van der Waals surface area (Å²) in [5, 5.41) is 2.90. The Morgan fingerprint density at radius 3 is 3.00 bits per heavy atom. The number of piperazine rings is 1. The summed E-state index contributed by atoms with van der Waals surface area (Å²) in [6.45, 7) is 5.43. The van der Waals surface area contributed by atoms with E-state index in [9.17, 15) is 4.79 Å². The lowest BCUT2D eigenvalue weighted by Gasteiger charge is -2.34. The number of carbonyl (C=O) groups is 1. The molecule has 0 saturated carbocycles. The zero-order valence-electron chi connectivity index (χ0n) is 12.0. The highest BCUT2D eigenvalue weighted by Gasteiger charge is 2.27. The van der Waals surface area contributed by atoms with Crippen LogP contribution in [0.4, 0.5) is 0 Å². The van der Waals surface area contributed by atoms with Crippen molar-refractivity contribution in [3.05, 3.63) is 29.8 Å². The Hall–Kier alpha value is -1.59. The summed E-state index contributed by atoms with van der Waals surface area (Å²) < 4.78 is 5.81. The molecule has 0 aliphatic carbocycles. The van der Waals surface area contributed by atoms with Crippen LogP contribution in [0.3, 0.4) is 0 Å². The second-order valence-electron chi connectivity index (χ2n) is 4.91. The molecule has 0 aromatic heterocycles. The fourth-order valence-electron chi connectivity index (χ4n) is 2.56. The van der Waals surface area contributed by atoms with Crippen molar-refractivity contribution in [3.8, 4) is 5.75 Å². The topological polar surface area (TPSA) is 67.6 Å². The lowest BCUT2D eigenvalue weighted by atomic mass is 10.1. The number of nitrogens with one attached hydrogen (secondary N) is 1. The molecule has 1 heterocycles. The molecule has 1 aliphatic heterocycles. The smallest absolute Gasteiger partial charge is 0.237 e. The first-order chi connectivity index (χ1) is 9.76. The average Bonchev–Trinajstić information content (AvgIpc) is 2.48. The molecule has 1 unspecified atom stereocenters. The predicted octanol–water partition coefficient (Wildman–Crippen LogP) is 0.735. The van der Waals surface area contributed by atoms with Gasteiger partial charge >= 0.3 is 0 Å². The molecule has 1 aromatic rings. The van der Waals surface area contributed by atoms with Gasteiger partial charge in [0.1, 0.15) is 12.4 Å². The van der Waals surface area contributed by atoms with Gasteiger partial charge in [0, 0.05) is 31.7 Å². The van der Waals surface area contributed by atoms with E-state index in [1.807, 2.05) is 31.2 Å². The van der Waals surface area contributed by atoms with E-state index in [1.165, 1.54) is 0 Å². The minimum absolute atomic E-state index is 0.0305. The number of nitrogens with two attached hydrogens (primary N) is 1. The minimum atomic E-state index is -0.0305.